The molecule has 0 unspecified atom stereocenters. The summed E-state index contributed by atoms with van der Waals surface area (Å²) >= 11 is 0. The third kappa shape index (κ3) is 6.76. The SMILES string of the molecule is CCNC(=NCCNS(=O)(=O)CC)N(C)Cc1ccccc1OC. The highest BCUT2D eigenvalue weighted by molar-refractivity contribution is 7.89. The molecule has 2 N–H and O–H groups in total. The first kappa shape index (κ1) is 20.2. The van der Waals surface area contributed by atoms with E-state index in [4.69, 9.17) is 4.74 Å². The number of para-hydroxylation sites is 1. The average molecular weight is 356 g/mol. The minimum Gasteiger partial charge on any atom is -0.496 e. The maximum atomic E-state index is 11.4. The number of ether oxygens (including phenoxy) is 1. The Balaban J connectivity index is 2.70. The lowest BCUT2D eigenvalue weighted by Crippen LogP contribution is -2.39. The van der Waals surface area contributed by atoms with Crippen molar-refractivity contribution in [2.24, 2.45) is 4.99 Å². The van der Waals surface area contributed by atoms with Crippen molar-refractivity contribution in [3.05, 3.63) is 29.8 Å². The third-order valence-electron chi connectivity index (χ3n) is 3.37. The fourth-order valence-electron chi connectivity index (χ4n) is 2.10. The predicted molar refractivity (Wildman–Crippen MR) is 97.9 cm³/mol. The predicted octanol–water partition coefficient (Wildman–Crippen LogP) is 1.03. The van der Waals surface area contributed by atoms with E-state index in [9.17, 15) is 8.42 Å². The van der Waals surface area contributed by atoms with Crippen molar-refractivity contribution in [1.29, 1.82) is 0 Å². The summed E-state index contributed by atoms with van der Waals surface area (Å²) < 4.78 is 30.7. The Kier molecular flexibility index (Phi) is 8.56. The smallest absolute Gasteiger partial charge is 0.211 e. The van der Waals surface area contributed by atoms with Crippen LogP contribution in [0, 0.1) is 0 Å². The van der Waals surface area contributed by atoms with E-state index in [2.05, 4.69) is 15.0 Å². The van der Waals surface area contributed by atoms with E-state index < -0.39 is 10.0 Å². The molecule has 0 radical (unpaired) electrons. The second kappa shape index (κ2) is 10.1. The first-order valence-electron chi connectivity index (χ1n) is 8.02. The summed E-state index contributed by atoms with van der Waals surface area (Å²) in [6.45, 7) is 5.63. The van der Waals surface area contributed by atoms with E-state index in [-0.39, 0.29) is 12.3 Å². The molecule has 1 aromatic carbocycles. The minimum atomic E-state index is -3.18. The summed E-state index contributed by atoms with van der Waals surface area (Å²) in [6.07, 6.45) is 0. The molecule has 0 aliphatic rings. The Morgan fingerprint density at radius 1 is 1.29 bits per heavy atom. The van der Waals surface area contributed by atoms with Gasteiger partial charge in [-0.2, -0.15) is 0 Å². The van der Waals surface area contributed by atoms with Crippen molar-refractivity contribution in [2.45, 2.75) is 20.4 Å². The van der Waals surface area contributed by atoms with Crippen molar-refractivity contribution >= 4 is 16.0 Å². The van der Waals surface area contributed by atoms with Crippen molar-refractivity contribution in [3.8, 4) is 5.75 Å². The lowest BCUT2D eigenvalue weighted by Gasteiger charge is -2.23. The molecule has 7 nitrogen and oxygen atoms in total. The summed E-state index contributed by atoms with van der Waals surface area (Å²) in [7, 11) is 0.408. The molecule has 0 aliphatic carbocycles. The van der Waals surface area contributed by atoms with Gasteiger partial charge in [0.2, 0.25) is 10.0 Å². The van der Waals surface area contributed by atoms with Gasteiger partial charge in [0.1, 0.15) is 5.75 Å². The zero-order valence-electron chi connectivity index (χ0n) is 14.9. The van der Waals surface area contributed by atoms with Gasteiger partial charge in [-0.05, 0) is 19.9 Å². The normalized spacial score (nSPS) is 12.1. The van der Waals surface area contributed by atoms with Gasteiger partial charge in [0.15, 0.2) is 5.96 Å². The molecule has 0 bridgehead atoms. The summed E-state index contributed by atoms with van der Waals surface area (Å²) in [5.41, 5.74) is 1.06. The zero-order valence-corrected chi connectivity index (χ0v) is 15.7. The highest BCUT2D eigenvalue weighted by Crippen LogP contribution is 2.18. The molecule has 24 heavy (non-hydrogen) atoms. The molecule has 1 rings (SSSR count). The summed E-state index contributed by atoms with van der Waals surface area (Å²) in [5, 5.41) is 3.21. The van der Waals surface area contributed by atoms with Crippen LogP contribution in [-0.2, 0) is 16.6 Å². The molecule has 0 amide bonds. The Hall–Kier alpha value is -1.80. The molecule has 136 valence electrons. The van der Waals surface area contributed by atoms with Crippen LogP contribution in [0.5, 0.6) is 5.75 Å². The van der Waals surface area contributed by atoms with Crippen LogP contribution in [-0.4, -0.2) is 58.8 Å². The van der Waals surface area contributed by atoms with Gasteiger partial charge < -0.3 is 15.0 Å². The molecule has 0 heterocycles. The Labute approximate surface area is 145 Å². The fourth-order valence-corrected chi connectivity index (χ4v) is 2.71. The van der Waals surface area contributed by atoms with Crippen LogP contribution in [0.3, 0.4) is 0 Å². The van der Waals surface area contributed by atoms with E-state index in [1.807, 2.05) is 43.1 Å². The highest BCUT2D eigenvalue weighted by Gasteiger charge is 2.10. The third-order valence-corrected chi connectivity index (χ3v) is 4.78. The fraction of sp³-hybridized carbons (Fsp3) is 0.562. The van der Waals surface area contributed by atoms with Gasteiger partial charge in [-0.25, -0.2) is 13.1 Å². The maximum absolute atomic E-state index is 11.4. The van der Waals surface area contributed by atoms with Crippen LogP contribution in [0.1, 0.15) is 19.4 Å². The molecule has 8 heteroatoms. The van der Waals surface area contributed by atoms with Crippen molar-refractivity contribution in [2.75, 3.05) is 39.5 Å². The number of aliphatic imine (C=N–C) groups is 1. The molecule has 0 saturated heterocycles. The first-order valence-corrected chi connectivity index (χ1v) is 9.67. The van der Waals surface area contributed by atoms with Gasteiger partial charge in [-0.1, -0.05) is 18.2 Å². The number of nitrogens with one attached hydrogen (secondary N) is 2. The van der Waals surface area contributed by atoms with Gasteiger partial charge in [-0.3, -0.25) is 4.99 Å². The number of rotatable bonds is 9. The molecular weight excluding hydrogens is 328 g/mol. The standard InChI is InChI=1S/C16H28N4O3S/c1-5-17-16(18-11-12-19-24(21,22)6-2)20(3)13-14-9-7-8-10-15(14)23-4/h7-10,19H,5-6,11-13H2,1-4H3,(H,17,18). The number of methoxy groups -OCH3 is 1. The number of nitrogens with zero attached hydrogens (tertiary/aromatic N) is 2. The topological polar surface area (TPSA) is 83.0 Å². The van der Waals surface area contributed by atoms with E-state index in [1.54, 1.807) is 14.0 Å². The summed E-state index contributed by atoms with van der Waals surface area (Å²) in [4.78, 5) is 6.45. The second-order valence-electron chi connectivity index (χ2n) is 5.20. The molecule has 0 aromatic heterocycles. The Morgan fingerprint density at radius 2 is 2.00 bits per heavy atom. The average Bonchev–Trinajstić information content (AvgIpc) is 2.58. The molecule has 0 spiro atoms. The lowest BCUT2D eigenvalue weighted by atomic mass is 10.2. The van der Waals surface area contributed by atoms with Crippen LogP contribution in [0.2, 0.25) is 0 Å². The maximum Gasteiger partial charge on any atom is 0.211 e. The first-order chi connectivity index (χ1) is 11.4. The van der Waals surface area contributed by atoms with Crippen LogP contribution >= 0.6 is 0 Å². The van der Waals surface area contributed by atoms with Gasteiger partial charge in [0.05, 0.1) is 19.4 Å². The van der Waals surface area contributed by atoms with Gasteiger partial charge in [0, 0.05) is 32.2 Å². The zero-order chi connectivity index (χ0) is 18.0. The quantitative estimate of drug-likeness (QED) is 0.392. The molecule has 0 saturated carbocycles. The van der Waals surface area contributed by atoms with E-state index in [0.29, 0.717) is 13.1 Å². The van der Waals surface area contributed by atoms with Crippen molar-refractivity contribution in [1.82, 2.24) is 14.9 Å². The molecular formula is C16H28N4O3S. The molecule has 0 fully saturated rings. The Bertz CT molecular complexity index is 632. The van der Waals surface area contributed by atoms with Crippen LogP contribution in [0.25, 0.3) is 0 Å². The number of hydrogen-bond donors (Lipinski definition) is 2. The number of guanidine groups is 1. The molecule has 0 atom stereocenters. The van der Waals surface area contributed by atoms with Crippen LogP contribution in [0.15, 0.2) is 29.3 Å². The van der Waals surface area contributed by atoms with E-state index in [1.165, 1.54) is 0 Å². The van der Waals surface area contributed by atoms with E-state index >= 15 is 0 Å². The number of benzene rings is 1. The van der Waals surface area contributed by atoms with Crippen LogP contribution < -0.4 is 14.8 Å². The van der Waals surface area contributed by atoms with E-state index in [0.717, 1.165) is 23.8 Å². The largest absolute Gasteiger partial charge is 0.496 e. The number of sulfonamides is 1. The highest BCUT2D eigenvalue weighted by atomic mass is 32.2. The molecule has 1 aromatic rings. The van der Waals surface area contributed by atoms with Gasteiger partial charge in [-0.15, -0.1) is 0 Å². The lowest BCUT2D eigenvalue weighted by molar-refractivity contribution is 0.396. The van der Waals surface area contributed by atoms with Crippen molar-refractivity contribution < 1.29 is 13.2 Å². The van der Waals surface area contributed by atoms with Gasteiger partial charge >= 0.3 is 0 Å². The number of hydrogen-bond acceptors (Lipinski definition) is 4. The van der Waals surface area contributed by atoms with Crippen molar-refractivity contribution in [3.63, 3.8) is 0 Å². The summed E-state index contributed by atoms with van der Waals surface area (Å²) in [5.74, 6) is 1.62. The monoisotopic (exact) mass is 356 g/mol. The van der Waals surface area contributed by atoms with Crippen LogP contribution in [0.4, 0.5) is 0 Å². The summed E-state index contributed by atoms with van der Waals surface area (Å²) in [6, 6.07) is 7.83. The second-order valence-corrected chi connectivity index (χ2v) is 7.30. The van der Waals surface area contributed by atoms with Gasteiger partial charge in [0.25, 0.3) is 0 Å². The Morgan fingerprint density at radius 3 is 2.62 bits per heavy atom. The minimum absolute atomic E-state index is 0.0739. The molecule has 0 aliphatic heterocycles.